The minimum atomic E-state index is -0.479. The van der Waals surface area contributed by atoms with E-state index in [1.165, 1.54) is 16.8 Å². The van der Waals surface area contributed by atoms with Crippen LogP contribution in [0.1, 0.15) is 0 Å². The number of nitrogen functional groups attached to an aromatic ring is 1. The van der Waals surface area contributed by atoms with E-state index in [4.69, 9.17) is 19.7 Å². The molecule has 0 saturated carbocycles. The molecule has 1 aliphatic heterocycles. The number of nitrogens with zero attached hydrogens (tertiary/aromatic N) is 5. The van der Waals surface area contributed by atoms with Gasteiger partial charge in [0.25, 0.3) is 5.89 Å². The lowest BCUT2D eigenvalue weighted by Crippen LogP contribution is -2.04. The Morgan fingerprint density at radius 2 is 1.93 bits per heavy atom. The lowest BCUT2D eigenvalue weighted by Gasteiger charge is -2.03. The summed E-state index contributed by atoms with van der Waals surface area (Å²) in [5, 5.41) is 11.8. The summed E-state index contributed by atoms with van der Waals surface area (Å²) in [6.45, 7) is 0.173. The fourth-order valence-corrected chi connectivity index (χ4v) is 2.72. The molecule has 4 aromatic rings. The van der Waals surface area contributed by atoms with Crippen molar-refractivity contribution >= 4 is 5.82 Å². The summed E-state index contributed by atoms with van der Waals surface area (Å²) in [6.07, 6.45) is 0. The van der Waals surface area contributed by atoms with E-state index in [1.54, 1.807) is 30.3 Å². The fourth-order valence-electron chi connectivity index (χ4n) is 2.72. The number of para-hydroxylation sites is 1. The number of halogens is 1. The van der Waals surface area contributed by atoms with Crippen molar-refractivity contribution in [3.8, 4) is 40.2 Å². The molecule has 0 spiro atoms. The summed E-state index contributed by atoms with van der Waals surface area (Å²) < 4.78 is 31.0. The Balaban J connectivity index is 1.51. The van der Waals surface area contributed by atoms with Crippen molar-refractivity contribution in [3.05, 3.63) is 48.3 Å². The van der Waals surface area contributed by atoms with Gasteiger partial charge in [0.05, 0.1) is 0 Å². The molecule has 3 heterocycles. The van der Waals surface area contributed by atoms with Crippen molar-refractivity contribution in [3.63, 3.8) is 0 Å². The maximum Gasteiger partial charge on any atom is 0.282 e. The molecule has 1 aliphatic rings. The molecule has 0 bridgehead atoms. The number of nitrogens with two attached hydrogens (primary N) is 1. The molecule has 0 unspecified atom stereocenters. The van der Waals surface area contributed by atoms with Gasteiger partial charge in [0.15, 0.2) is 23.0 Å². The third kappa shape index (κ3) is 2.46. The number of fused-ring (bicyclic) bond motifs is 1. The van der Waals surface area contributed by atoms with Crippen LogP contribution < -0.4 is 15.2 Å². The highest BCUT2D eigenvalue weighted by Gasteiger charge is 2.22. The lowest BCUT2D eigenvalue weighted by molar-refractivity contribution is 0.174. The van der Waals surface area contributed by atoms with Crippen LogP contribution in [-0.4, -0.2) is 31.9 Å². The average molecular weight is 366 g/mol. The maximum atomic E-state index is 14.0. The van der Waals surface area contributed by atoms with Crippen LogP contribution in [0, 0.1) is 5.82 Å². The number of aromatic nitrogens is 5. The molecule has 0 aliphatic carbocycles. The molecule has 9 nitrogen and oxygen atoms in total. The molecule has 0 atom stereocenters. The molecule has 0 saturated heterocycles. The van der Waals surface area contributed by atoms with Crippen LogP contribution in [0.4, 0.5) is 10.2 Å². The Hall–Kier alpha value is -3.95. The first-order valence-electron chi connectivity index (χ1n) is 7.91. The van der Waals surface area contributed by atoms with E-state index in [-0.39, 0.29) is 29.9 Å². The maximum absolute atomic E-state index is 14.0. The molecule has 0 amide bonds. The molecule has 2 N–H and O–H groups in total. The van der Waals surface area contributed by atoms with E-state index in [2.05, 4.69) is 20.5 Å². The van der Waals surface area contributed by atoms with Gasteiger partial charge in [0.2, 0.25) is 12.6 Å². The van der Waals surface area contributed by atoms with Crippen LogP contribution in [0.3, 0.4) is 0 Å². The first-order valence-corrected chi connectivity index (χ1v) is 7.91. The second-order valence-electron chi connectivity index (χ2n) is 5.68. The minimum Gasteiger partial charge on any atom is -0.454 e. The fraction of sp³-hybridized carbons (Fsp3) is 0.0588. The highest BCUT2D eigenvalue weighted by Crippen LogP contribution is 2.35. The van der Waals surface area contributed by atoms with E-state index in [9.17, 15) is 4.39 Å². The van der Waals surface area contributed by atoms with Crippen LogP contribution in [-0.2, 0) is 0 Å². The third-order valence-corrected chi connectivity index (χ3v) is 4.04. The largest absolute Gasteiger partial charge is 0.454 e. The Labute approximate surface area is 151 Å². The molecule has 10 heteroatoms. The molecular weight excluding hydrogens is 355 g/mol. The zero-order valence-electron chi connectivity index (χ0n) is 13.7. The number of benzene rings is 2. The summed E-state index contributed by atoms with van der Waals surface area (Å²) in [5.41, 5.74) is 7.08. The zero-order valence-corrected chi connectivity index (χ0v) is 13.7. The van der Waals surface area contributed by atoms with Crippen molar-refractivity contribution in [2.75, 3.05) is 12.5 Å². The number of rotatable bonds is 3. The van der Waals surface area contributed by atoms with Crippen LogP contribution in [0.5, 0.6) is 11.5 Å². The van der Waals surface area contributed by atoms with Crippen molar-refractivity contribution in [1.29, 1.82) is 0 Å². The number of hydrogen-bond donors (Lipinski definition) is 1. The second-order valence-corrected chi connectivity index (χ2v) is 5.68. The summed E-state index contributed by atoms with van der Waals surface area (Å²) >= 11 is 0. The average Bonchev–Trinajstić information content (AvgIpc) is 3.40. The topological polar surface area (TPSA) is 114 Å². The van der Waals surface area contributed by atoms with E-state index >= 15 is 0 Å². The molecule has 27 heavy (non-hydrogen) atoms. The van der Waals surface area contributed by atoms with Gasteiger partial charge in [-0.15, -0.1) is 5.10 Å². The van der Waals surface area contributed by atoms with E-state index in [0.717, 1.165) is 0 Å². The van der Waals surface area contributed by atoms with Crippen molar-refractivity contribution in [1.82, 2.24) is 25.1 Å². The Kier molecular flexibility index (Phi) is 3.29. The van der Waals surface area contributed by atoms with Crippen LogP contribution in [0.15, 0.2) is 47.0 Å². The van der Waals surface area contributed by atoms with Crippen molar-refractivity contribution < 1.29 is 18.4 Å². The Bertz CT molecular complexity index is 1160. The highest BCUT2D eigenvalue weighted by molar-refractivity contribution is 5.67. The van der Waals surface area contributed by atoms with Crippen molar-refractivity contribution in [2.45, 2.75) is 0 Å². The predicted octanol–water partition coefficient (Wildman–Crippen LogP) is 2.43. The van der Waals surface area contributed by atoms with Gasteiger partial charge in [0, 0.05) is 5.56 Å². The van der Waals surface area contributed by atoms with Gasteiger partial charge in [-0.3, -0.25) is 0 Å². The number of ether oxygens (including phenoxy) is 2. The van der Waals surface area contributed by atoms with Gasteiger partial charge < -0.3 is 19.7 Å². The van der Waals surface area contributed by atoms with E-state index in [0.29, 0.717) is 22.9 Å². The lowest BCUT2D eigenvalue weighted by atomic mass is 10.2. The molecule has 0 radical (unpaired) electrons. The first kappa shape index (κ1) is 15.3. The minimum absolute atomic E-state index is 0.0720. The summed E-state index contributed by atoms with van der Waals surface area (Å²) in [5.74, 6) is 1.25. The summed E-state index contributed by atoms with van der Waals surface area (Å²) in [4.78, 5) is 4.30. The van der Waals surface area contributed by atoms with Gasteiger partial charge in [0.1, 0.15) is 11.5 Å². The van der Waals surface area contributed by atoms with Gasteiger partial charge in [-0.25, -0.2) is 4.39 Å². The van der Waals surface area contributed by atoms with Gasteiger partial charge >= 0.3 is 0 Å². The molecule has 2 aromatic heterocycles. The monoisotopic (exact) mass is 366 g/mol. The zero-order chi connectivity index (χ0) is 18.4. The van der Waals surface area contributed by atoms with Gasteiger partial charge in [-0.1, -0.05) is 22.5 Å². The quantitative estimate of drug-likeness (QED) is 0.588. The van der Waals surface area contributed by atoms with Gasteiger partial charge in [-0.2, -0.15) is 9.67 Å². The standard InChI is InChI=1S/C17H11FN6O3/c18-10-3-1-2-4-11(10)24-15(19)14(21-23-24)17-20-16(22-27-17)9-5-6-12-13(7-9)26-8-25-12/h1-7H,8,19H2. The highest BCUT2D eigenvalue weighted by atomic mass is 19.1. The van der Waals surface area contributed by atoms with Crippen LogP contribution >= 0.6 is 0 Å². The SMILES string of the molecule is Nc1c(-c2nc(-c3ccc4c(c3)OCO4)no2)nnn1-c1ccccc1F. The molecule has 134 valence electrons. The van der Waals surface area contributed by atoms with E-state index in [1.807, 2.05) is 0 Å². The number of anilines is 1. The van der Waals surface area contributed by atoms with Crippen molar-refractivity contribution in [2.24, 2.45) is 0 Å². The van der Waals surface area contributed by atoms with Gasteiger partial charge in [-0.05, 0) is 30.3 Å². The summed E-state index contributed by atoms with van der Waals surface area (Å²) in [7, 11) is 0. The third-order valence-electron chi connectivity index (χ3n) is 4.04. The Morgan fingerprint density at radius 3 is 2.81 bits per heavy atom. The summed E-state index contributed by atoms with van der Waals surface area (Å²) in [6, 6.07) is 11.4. The van der Waals surface area contributed by atoms with Crippen LogP contribution in [0.25, 0.3) is 28.7 Å². The molecular formula is C17H11FN6O3. The second kappa shape index (κ2) is 5.80. The number of hydrogen-bond acceptors (Lipinski definition) is 8. The molecule has 2 aromatic carbocycles. The molecule has 0 fully saturated rings. The van der Waals surface area contributed by atoms with Crippen LogP contribution in [0.2, 0.25) is 0 Å². The normalized spacial score (nSPS) is 12.5. The van der Waals surface area contributed by atoms with E-state index < -0.39 is 5.82 Å². The smallest absolute Gasteiger partial charge is 0.282 e. The predicted molar refractivity (Wildman–Crippen MR) is 90.6 cm³/mol. The first-order chi connectivity index (χ1) is 13.2. The molecule has 5 rings (SSSR count). The Morgan fingerprint density at radius 1 is 1.07 bits per heavy atom.